The smallest absolute Gasteiger partial charge is 0.489 e. The first kappa shape index (κ1) is 22.6. The third-order valence-corrected chi connectivity index (χ3v) is 4.78. The van der Waals surface area contributed by atoms with Gasteiger partial charge in [-0.3, -0.25) is 4.79 Å². The average molecular weight is 450 g/mol. The minimum atomic E-state index is -1.64. The summed E-state index contributed by atoms with van der Waals surface area (Å²) < 4.78 is 26.5. The lowest BCUT2D eigenvalue weighted by molar-refractivity contribution is 0.143. The molecule has 0 atom stereocenters. The van der Waals surface area contributed by atoms with Crippen molar-refractivity contribution in [2.45, 2.75) is 32.9 Å². The van der Waals surface area contributed by atoms with Gasteiger partial charge in [-0.1, -0.05) is 23.7 Å². The highest BCUT2D eigenvalue weighted by Gasteiger charge is 2.19. The number of fused-ring (bicyclic) bond motifs is 1. The van der Waals surface area contributed by atoms with Crippen LogP contribution in [0.2, 0.25) is 5.02 Å². The second kappa shape index (κ2) is 9.36. The zero-order valence-electron chi connectivity index (χ0n) is 16.9. The van der Waals surface area contributed by atoms with Crippen LogP contribution in [0.15, 0.2) is 41.3 Å². The van der Waals surface area contributed by atoms with E-state index >= 15 is 0 Å². The highest BCUT2D eigenvalue weighted by atomic mass is 35.5. The van der Waals surface area contributed by atoms with Gasteiger partial charge in [-0.25, -0.2) is 9.18 Å². The Labute approximate surface area is 182 Å². The SMILES string of the molecule is CC(C)Oc1cc(Cc2cccc(Cl)c2F)cc2c(=O)c(OC(=O)O)cn(CCO)c12. The van der Waals surface area contributed by atoms with Crippen LogP contribution in [-0.2, 0) is 13.0 Å². The number of carboxylic acid groups (broad SMARTS) is 1. The molecule has 0 fully saturated rings. The van der Waals surface area contributed by atoms with Crippen LogP contribution in [0.1, 0.15) is 25.0 Å². The maximum absolute atomic E-state index is 14.4. The summed E-state index contributed by atoms with van der Waals surface area (Å²) >= 11 is 5.88. The highest BCUT2D eigenvalue weighted by molar-refractivity contribution is 6.30. The molecule has 0 saturated heterocycles. The van der Waals surface area contributed by atoms with Gasteiger partial charge < -0.3 is 24.3 Å². The Morgan fingerprint density at radius 2 is 2.00 bits per heavy atom. The van der Waals surface area contributed by atoms with Gasteiger partial charge in [-0.15, -0.1) is 0 Å². The zero-order chi connectivity index (χ0) is 22.7. The summed E-state index contributed by atoms with van der Waals surface area (Å²) in [7, 11) is 0. The molecule has 7 nitrogen and oxygen atoms in total. The van der Waals surface area contributed by atoms with E-state index in [9.17, 15) is 19.1 Å². The fourth-order valence-corrected chi connectivity index (χ4v) is 3.53. The molecular weight excluding hydrogens is 429 g/mol. The Morgan fingerprint density at radius 3 is 2.65 bits per heavy atom. The first-order chi connectivity index (χ1) is 14.7. The van der Waals surface area contributed by atoms with Crippen molar-refractivity contribution in [3.63, 3.8) is 0 Å². The summed E-state index contributed by atoms with van der Waals surface area (Å²) in [6, 6.07) is 7.88. The fourth-order valence-electron chi connectivity index (χ4n) is 3.33. The largest absolute Gasteiger partial charge is 0.511 e. The minimum Gasteiger partial charge on any atom is -0.489 e. The molecule has 0 unspecified atom stereocenters. The molecule has 2 N–H and O–H groups in total. The second-order valence-electron chi connectivity index (χ2n) is 7.15. The fraction of sp³-hybridized carbons (Fsp3) is 0.273. The molecule has 31 heavy (non-hydrogen) atoms. The van der Waals surface area contributed by atoms with Crippen LogP contribution in [0.5, 0.6) is 11.5 Å². The van der Waals surface area contributed by atoms with Crippen LogP contribution >= 0.6 is 11.6 Å². The van der Waals surface area contributed by atoms with Crippen LogP contribution in [0.3, 0.4) is 0 Å². The van der Waals surface area contributed by atoms with Crippen molar-refractivity contribution >= 4 is 28.7 Å². The predicted octanol–water partition coefficient (Wildman–Crippen LogP) is 4.22. The van der Waals surface area contributed by atoms with Crippen molar-refractivity contribution < 1.29 is 28.9 Å². The van der Waals surface area contributed by atoms with E-state index < -0.39 is 23.2 Å². The first-order valence-electron chi connectivity index (χ1n) is 9.52. The number of aliphatic hydroxyl groups is 1. The standard InChI is InChI=1S/C22H21ClFNO6/c1-12(2)30-17-10-13(8-14-4-3-5-16(23)19(14)24)9-15-20(17)25(6-7-26)11-18(21(15)27)31-22(28)29/h3-5,9-12,26H,6-8H2,1-2H3,(H,28,29). The van der Waals surface area contributed by atoms with Gasteiger partial charge >= 0.3 is 6.16 Å². The molecule has 3 rings (SSSR count). The maximum Gasteiger partial charge on any atom is 0.511 e. The molecule has 0 radical (unpaired) electrons. The summed E-state index contributed by atoms with van der Waals surface area (Å²) in [5.74, 6) is -0.622. The normalized spacial score (nSPS) is 11.2. The Bertz CT molecular complexity index is 1190. The number of nitrogens with zero attached hydrogens (tertiary/aromatic N) is 1. The summed E-state index contributed by atoms with van der Waals surface area (Å²) in [4.78, 5) is 24.0. The van der Waals surface area contributed by atoms with Crippen LogP contribution in [-0.4, -0.2) is 33.6 Å². The van der Waals surface area contributed by atoms with Gasteiger partial charge in [0.15, 0.2) is 5.75 Å². The zero-order valence-corrected chi connectivity index (χ0v) is 17.6. The van der Waals surface area contributed by atoms with E-state index in [4.69, 9.17) is 21.4 Å². The van der Waals surface area contributed by atoms with E-state index in [0.29, 0.717) is 22.4 Å². The number of halogens is 2. The lowest BCUT2D eigenvalue weighted by Crippen LogP contribution is -2.19. The van der Waals surface area contributed by atoms with Crippen molar-refractivity contribution in [1.29, 1.82) is 0 Å². The number of hydrogen-bond acceptors (Lipinski definition) is 5. The second-order valence-corrected chi connectivity index (χ2v) is 7.56. The first-order valence-corrected chi connectivity index (χ1v) is 9.90. The van der Waals surface area contributed by atoms with Crippen LogP contribution < -0.4 is 14.9 Å². The number of benzene rings is 2. The number of rotatable bonds is 7. The van der Waals surface area contributed by atoms with E-state index in [1.165, 1.54) is 22.9 Å². The molecule has 0 spiro atoms. The molecule has 1 heterocycles. The van der Waals surface area contributed by atoms with Crippen LogP contribution in [0.25, 0.3) is 10.9 Å². The average Bonchev–Trinajstić information content (AvgIpc) is 2.68. The molecule has 0 aliphatic heterocycles. The van der Waals surface area contributed by atoms with E-state index in [-0.39, 0.29) is 36.1 Å². The van der Waals surface area contributed by atoms with Gasteiger partial charge in [0.2, 0.25) is 5.43 Å². The molecule has 3 aromatic rings. The number of aliphatic hydroxyl groups excluding tert-OH is 1. The Balaban J connectivity index is 2.27. The summed E-state index contributed by atoms with van der Waals surface area (Å²) in [6.07, 6.45) is -0.532. The summed E-state index contributed by atoms with van der Waals surface area (Å²) in [5, 5.41) is 18.5. The molecule has 1 aromatic heterocycles. The molecule has 9 heteroatoms. The quantitative estimate of drug-likeness (QED) is 0.524. The molecule has 0 saturated carbocycles. The number of aromatic nitrogens is 1. The van der Waals surface area contributed by atoms with E-state index in [1.807, 2.05) is 13.8 Å². The van der Waals surface area contributed by atoms with Crippen molar-refractivity contribution in [3.05, 3.63) is 68.7 Å². The van der Waals surface area contributed by atoms with Crippen molar-refractivity contribution in [1.82, 2.24) is 4.57 Å². The van der Waals surface area contributed by atoms with Crippen molar-refractivity contribution in [2.75, 3.05) is 6.61 Å². The maximum atomic E-state index is 14.4. The van der Waals surface area contributed by atoms with Crippen molar-refractivity contribution in [2.24, 2.45) is 0 Å². The van der Waals surface area contributed by atoms with Gasteiger partial charge in [0.1, 0.15) is 11.6 Å². The summed E-state index contributed by atoms with van der Waals surface area (Å²) in [5.41, 5.74) is 0.606. The number of pyridine rings is 1. The van der Waals surface area contributed by atoms with E-state index in [1.54, 1.807) is 18.2 Å². The Hall–Kier alpha value is -3.10. The highest BCUT2D eigenvalue weighted by Crippen LogP contribution is 2.31. The minimum absolute atomic E-state index is 0.0145. The van der Waals surface area contributed by atoms with Crippen LogP contribution in [0.4, 0.5) is 9.18 Å². The topological polar surface area (TPSA) is 98.0 Å². The Kier molecular flexibility index (Phi) is 6.82. The van der Waals surface area contributed by atoms with Gasteiger partial charge in [0, 0.05) is 13.0 Å². The third-order valence-electron chi connectivity index (χ3n) is 4.49. The predicted molar refractivity (Wildman–Crippen MR) is 114 cm³/mol. The lowest BCUT2D eigenvalue weighted by Gasteiger charge is -2.19. The number of ether oxygens (including phenoxy) is 2. The number of carbonyl (C=O) groups is 1. The van der Waals surface area contributed by atoms with E-state index in [2.05, 4.69) is 4.74 Å². The molecule has 0 aliphatic rings. The third kappa shape index (κ3) is 4.98. The molecular formula is C22H21ClFNO6. The van der Waals surface area contributed by atoms with Crippen molar-refractivity contribution in [3.8, 4) is 11.5 Å². The molecule has 2 aromatic carbocycles. The van der Waals surface area contributed by atoms with Gasteiger partial charge in [-0.05, 0) is 43.2 Å². The number of hydrogen-bond donors (Lipinski definition) is 2. The van der Waals surface area contributed by atoms with Gasteiger partial charge in [0.25, 0.3) is 0 Å². The lowest BCUT2D eigenvalue weighted by atomic mass is 10.0. The monoisotopic (exact) mass is 449 g/mol. The molecule has 0 amide bonds. The molecule has 0 bridgehead atoms. The Morgan fingerprint density at radius 1 is 1.26 bits per heavy atom. The van der Waals surface area contributed by atoms with E-state index in [0.717, 1.165) is 0 Å². The van der Waals surface area contributed by atoms with Crippen LogP contribution in [0, 0.1) is 5.82 Å². The molecule has 0 aliphatic carbocycles. The summed E-state index contributed by atoms with van der Waals surface area (Å²) in [6.45, 7) is 3.43. The van der Waals surface area contributed by atoms with Gasteiger partial charge in [-0.2, -0.15) is 0 Å². The van der Waals surface area contributed by atoms with Gasteiger partial charge in [0.05, 0.1) is 34.8 Å². The molecule has 164 valence electrons.